The third-order valence-corrected chi connectivity index (χ3v) is 3.99. The van der Waals surface area contributed by atoms with Crippen molar-refractivity contribution in [2.75, 3.05) is 7.11 Å². The number of halogens is 2. The number of alkyl halides is 1. The summed E-state index contributed by atoms with van der Waals surface area (Å²) in [6, 6.07) is 7.75. The summed E-state index contributed by atoms with van der Waals surface area (Å²) in [5.74, 6) is 2.53. The summed E-state index contributed by atoms with van der Waals surface area (Å²) < 4.78 is 11.6. The third kappa shape index (κ3) is 2.57. The van der Waals surface area contributed by atoms with Gasteiger partial charge in [-0.2, -0.15) is 0 Å². The van der Waals surface area contributed by atoms with E-state index in [1.54, 1.807) is 7.11 Å². The van der Waals surface area contributed by atoms with E-state index < -0.39 is 0 Å². The maximum absolute atomic E-state index is 6.52. The van der Waals surface area contributed by atoms with Crippen LogP contribution in [0.3, 0.4) is 0 Å². The summed E-state index contributed by atoms with van der Waals surface area (Å²) in [4.78, 5) is 0. The third-order valence-electron chi connectivity index (χ3n) is 2.83. The van der Waals surface area contributed by atoms with Crippen LogP contribution in [-0.4, -0.2) is 7.11 Å². The summed E-state index contributed by atoms with van der Waals surface area (Å²) in [6.45, 7) is 3.85. The van der Waals surface area contributed by atoms with Crippen molar-refractivity contribution in [3.05, 3.63) is 51.4 Å². The fraction of sp³-hybridized carbons (Fsp3) is 0.286. The predicted octanol–water partition coefficient (Wildman–Crippen LogP) is 5.00. The van der Waals surface area contributed by atoms with Crippen molar-refractivity contribution in [3.8, 4) is 5.75 Å². The Balaban J connectivity index is 2.39. The lowest BCUT2D eigenvalue weighted by Gasteiger charge is -2.12. The van der Waals surface area contributed by atoms with Gasteiger partial charge >= 0.3 is 0 Å². The normalized spacial score (nSPS) is 12.5. The van der Waals surface area contributed by atoms with Crippen molar-refractivity contribution in [3.63, 3.8) is 0 Å². The quantitative estimate of drug-likeness (QED) is 0.740. The van der Waals surface area contributed by atoms with E-state index in [9.17, 15) is 0 Å². The largest absolute Gasteiger partial charge is 0.497 e. The van der Waals surface area contributed by atoms with Crippen LogP contribution in [0.2, 0.25) is 0 Å². The van der Waals surface area contributed by atoms with Gasteiger partial charge in [0.25, 0.3) is 0 Å². The molecule has 96 valence electrons. The molecule has 1 atom stereocenters. The van der Waals surface area contributed by atoms with Gasteiger partial charge in [0, 0.05) is 10.0 Å². The maximum Gasteiger partial charge on any atom is 0.120 e. The fourth-order valence-electron chi connectivity index (χ4n) is 1.91. The SMILES string of the molecule is COc1ccc(C(Cl)c2cc(C)oc2C)c(Br)c1. The lowest BCUT2D eigenvalue weighted by Crippen LogP contribution is -1.95. The molecule has 1 aromatic heterocycles. The molecule has 0 aliphatic carbocycles. The van der Waals surface area contributed by atoms with Crippen LogP contribution in [0.25, 0.3) is 0 Å². The zero-order chi connectivity index (χ0) is 13.3. The number of benzene rings is 1. The highest BCUT2D eigenvalue weighted by Gasteiger charge is 2.19. The highest BCUT2D eigenvalue weighted by atomic mass is 79.9. The number of hydrogen-bond donors (Lipinski definition) is 0. The summed E-state index contributed by atoms with van der Waals surface area (Å²) in [5.41, 5.74) is 2.00. The van der Waals surface area contributed by atoms with Gasteiger partial charge in [0.05, 0.1) is 12.5 Å². The molecule has 0 saturated carbocycles. The van der Waals surface area contributed by atoms with Gasteiger partial charge in [-0.05, 0) is 37.6 Å². The van der Waals surface area contributed by atoms with Gasteiger partial charge in [0.15, 0.2) is 0 Å². The average Bonchev–Trinajstić information content (AvgIpc) is 2.67. The Kier molecular flexibility index (Phi) is 4.03. The highest BCUT2D eigenvalue weighted by Crippen LogP contribution is 2.37. The van der Waals surface area contributed by atoms with E-state index in [2.05, 4.69) is 15.9 Å². The zero-order valence-corrected chi connectivity index (χ0v) is 12.8. The Morgan fingerprint density at radius 2 is 1.94 bits per heavy atom. The van der Waals surface area contributed by atoms with Gasteiger partial charge in [0.1, 0.15) is 17.3 Å². The Labute approximate surface area is 120 Å². The number of ether oxygens (including phenoxy) is 1. The molecule has 0 N–H and O–H groups in total. The van der Waals surface area contributed by atoms with Crippen LogP contribution in [0.15, 0.2) is 33.2 Å². The molecular formula is C14H14BrClO2. The molecule has 0 spiro atoms. The first-order valence-corrected chi connectivity index (χ1v) is 6.80. The van der Waals surface area contributed by atoms with Gasteiger partial charge in [-0.15, -0.1) is 11.6 Å². The first-order chi connectivity index (χ1) is 8.52. The van der Waals surface area contributed by atoms with E-state index in [4.69, 9.17) is 20.8 Å². The van der Waals surface area contributed by atoms with Gasteiger partial charge in [0.2, 0.25) is 0 Å². The molecule has 2 nitrogen and oxygen atoms in total. The molecule has 1 heterocycles. The molecular weight excluding hydrogens is 316 g/mol. The van der Waals surface area contributed by atoms with Gasteiger partial charge in [-0.25, -0.2) is 0 Å². The maximum atomic E-state index is 6.52. The van der Waals surface area contributed by atoms with Crippen LogP contribution in [0, 0.1) is 13.8 Å². The summed E-state index contributed by atoms with van der Waals surface area (Å²) in [5, 5.41) is -0.234. The number of rotatable bonds is 3. The van der Waals surface area contributed by atoms with Crippen LogP contribution in [0.5, 0.6) is 5.75 Å². The van der Waals surface area contributed by atoms with Crippen molar-refractivity contribution in [2.24, 2.45) is 0 Å². The molecule has 1 aromatic carbocycles. The highest BCUT2D eigenvalue weighted by molar-refractivity contribution is 9.10. The minimum absolute atomic E-state index is 0.234. The predicted molar refractivity (Wildman–Crippen MR) is 76.6 cm³/mol. The number of furan rings is 1. The second-order valence-corrected chi connectivity index (χ2v) is 5.41. The van der Waals surface area contributed by atoms with Crippen molar-refractivity contribution < 1.29 is 9.15 Å². The van der Waals surface area contributed by atoms with E-state index in [-0.39, 0.29) is 5.38 Å². The summed E-state index contributed by atoms with van der Waals surface area (Å²) >= 11 is 10.0. The molecule has 18 heavy (non-hydrogen) atoms. The molecule has 2 rings (SSSR count). The van der Waals surface area contributed by atoms with Crippen molar-refractivity contribution >= 4 is 27.5 Å². The Hall–Kier alpha value is -0.930. The van der Waals surface area contributed by atoms with Crippen LogP contribution >= 0.6 is 27.5 Å². The summed E-state index contributed by atoms with van der Waals surface area (Å²) in [6.07, 6.45) is 0. The van der Waals surface area contributed by atoms with Crippen LogP contribution in [0.4, 0.5) is 0 Å². The smallest absolute Gasteiger partial charge is 0.120 e. The van der Waals surface area contributed by atoms with Gasteiger partial charge in [-0.1, -0.05) is 22.0 Å². The van der Waals surface area contributed by atoms with Crippen LogP contribution in [-0.2, 0) is 0 Å². The fourth-order valence-corrected chi connectivity index (χ4v) is 3.04. The van der Waals surface area contributed by atoms with E-state index in [0.29, 0.717) is 0 Å². The molecule has 2 aromatic rings. The Morgan fingerprint density at radius 1 is 1.22 bits per heavy atom. The number of hydrogen-bond acceptors (Lipinski definition) is 2. The van der Waals surface area contributed by atoms with Gasteiger partial charge < -0.3 is 9.15 Å². The van der Waals surface area contributed by atoms with Crippen molar-refractivity contribution in [2.45, 2.75) is 19.2 Å². The van der Waals surface area contributed by atoms with E-state index in [1.807, 2.05) is 38.1 Å². The molecule has 0 aliphatic heterocycles. The molecule has 4 heteroatoms. The van der Waals surface area contributed by atoms with E-state index in [0.717, 1.165) is 32.9 Å². The van der Waals surface area contributed by atoms with E-state index >= 15 is 0 Å². The van der Waals surface area contributed by atoms with E-state index in [1.165, 1.54) is 0 Å². The standard InChI is InChI=1S/C14H14BrClO2/c1-8-6-12(9(2)18-8)14(16)11-5-4-10(17-3)7-13(11)15/h4-7,14H,1-3H3. The number of methoxy groups -OCH3 is 1. The van der Waals surface area contributed by atoms with Gasteiger partial charge in [-0.3, -0.25) is 0 Å². The summed E-state index contributed by atoms with van der Waals surface area (Å²) in [7, 11) is 1.64. The topological polar surface area (TPSA) is 22.4 Å². The Bertz CT molecular complexity index is 563. The Morgan fingerprint density at radius 3 is 2.44 bits per heavy atom. The monoisotopic (exact) mass is 328 g/mol. The molecule has 0 amide bonds. The second-order valence-electron chi connectivity index (χ2n) is 4.12. The molecule has 0 saturated heterocycles. The lowest BCUT2D eigenvalue weighted by molar-refractivity contribution is 0.414. The minimum Gasteiger partial charge on any atom is -0.497 e. The molecule has 0 bridgehead atoms. The van der Waals surface area contributed by atoms with Crippen molar-refractivity contribution in [1.29, 1.82) is 0 Å². The van der Waals surface area contributed by atoms with Crippen LogP contribution < -0.4 is 4.74 Å². The molecule has 0 radical (unpaired) electrons. The second kappa shape index (κ2) is 5.37. The first kappa shape index (κ1) is 13.5. The minimum atomic E-state index is -0.234. The van der Waals surface area contributed by atoms with Crippen LogP contribution in [0.1, 0.15) is 28.0 Å². The molecule has 1 unspecified atom stereocenters. The average molecular weight is 330 g/mol. The molecule has 0 fully saturated rings. The first-order valence-electron chi connectivity index (χ1n) is 5.57. The van der Waals surface area contributed by atoms with Crippen molar-refractivity contribution in [1.82, 2.24) is 0 Å². The molecule has 0 aliphatic rings. The number of aryl methyl sites for hydroxylation is 2. The lowest BCUT2D eigenvalue weighted by atomic mass is 10.0. The zero-order valence-electron chi connectivity index (χ0n) is 10.5.